The number of carboxylic acid groups (broad SMARTS) is 2. The van der Waals surface area contributed by atoms with Gasteiger partial charge in [-0.25, -0.2) is 9.59 Å². The summed E-state index contributed by atoms with van der Waals surface area (Å²) in [6.45, 7) is 9.05. The third kappa shape index (κ3) is 7.91. The minimum absolute atomic E-state index is 0.281. The maximum absolute atomic E-state index is 9.10. The average molecular weight is 424 g/mol. The van der Waals surface area contributed by atoms with E-state index in [1.165, 1.54) is 31.5 Å². The van der Waals surface area contributed by atoms with Crippen molar-refractivity contribution in [2.24, 2.45) is 0 Å². The van der Waals surface area contributed by atoms with E-state index < -0.39 is 11.9 Å². The lowest BCUT2D eigenvalue weighted by Crippen LogP contribution is -2.53. The van der Waals surface area contributed by atoms with Gasteiger partial charge in [0, 0.05) is 45.3 Å². The third-order valence-corrected chi connectivity index (χ3v) is 5.64. The fourth-order valence-corrected chi connectivity index (χ4v) is 3.93. The SMILES string of the molecule is COc1ccc(CN2CCC(N3CCN(CCO)CC3)CC2)cc1.O=C(O)C(=O)O. The highest BCUT2D eigenvalue weighted by atomic mass is 16.5. The number of aliphatic hydroxyl groups is 1. The summed E-state index contributed by atoms with van der Waals surface area (Å²) in [6.07, 6.45) is 2.55. The molecular formula is C21H33N3O6. The summed E-state index contributed by atoms with van der Waals surface area (Å²) < 4.78 is 5.23. The van der Waals surface area contributed by atoms with Gasteiger partial charge in [0.15, 0.2) is 0 Å². The Labute approximate surface area is 177 Å². The van der Waals surface area contributed by atoms with E-state index in [0.29, 0.717) is 0 Å². The molecule has 0 amide bonds. The smallest absolute Gasteiger partial charge is 0.414 e. The van der Waals surface area contributed by atoms with Gasteiger partial charge in [0.2, 0.25) is 0 Å². The van der Waals surface area contributed by atoms with Gasteiger partial charge in [-0.15, -0.1) is 0 Å². The number of piperidine rings is 1. The molecule has 1 aromatic carbocycles. The van der Waals surface area contributed by atoms with Crippen LogP contribution < -0.4 is 4.74 Å². The van der Waals surface area contributed by atoms with Crippen molar-refractivity contribution in [3.05, 3.63) is 29.8 Å². The molecule has 0 unspecified atom stereocenters. The number of β-amino-alcohol motifs (C(OH)–C–C–N with tert-alkyl or cyclic N) is 1. The van der Waals surface area contributed by atoms with Gasteiger partial charge in [0.25, 0.3) is 0 Å². The number of methoxy groups -OCH3 is 1. The third-order valence-electron chi connectivity index (χ3n) is 5.64. The number of hydrogen-bond acceptors (Lipinski definition) is 7. The van der Waals surface area contributed by atoms with Crippen LogP contribution in [0.3, 0.4) is 0 Å². The lowest BCUT2D eigenvalue weighted by Gasteiger charge is -2.42. The zero-order chi connectivity index (χ0) is 21.9. The summed E-state index contributed by atoms with van der Waals surface area (Å²) in [4.78, 5) is 25.8. The maximum Gasteiger partial charge on any atom is 0.414 e. The summed E-state index contributed by atoms with van der Waals surface area (Å²) in [5, 5.41) is 23.8. The first-order valence-corrected chi connectivity index (χ1v) is 10.3. The van der Waals surface area contributed by atoms with Crippen LogP contribution >= 0.6 is 0 Å². The van der Waals surface area contributed by atoms with Crippen molar-refractivity contribution in [2.75, 3.05) is 59.5 Å². The Morgan fingerprint density at radius 2 is 1.50 bits per heavy atom. The number of likely N-dealkylation sites (tertiary alicyclic amines) is 1. The van der Waals surface area contributed by atoms with Crippen molar-refractivity contribution in [2.45, 2.75) is 25.4 Å². The molecular weight excluding hydrogens is 390 g/mol. The molecule has 0 aliphatic carbocycles. The summed E-state index contributed by atoms with van der Waals surface area (Å²) >= 11 is 0. The zero-order valence-corrected chi connectivity index (χ0v) is 17.6. The van der Waals surface area contributed by atoms with Gasteiger partial charge in [0.1, 0.15) is 5.75 Å². The second kappa shape index (κ2) is 12.5. The van der Waals surface area contributed by atoms with Crippen LogP contribution in [0.4, 0.5) is 0 Å². The fraction of sp³-hybridized carbons (Fsp3) is 0.619. The lowest BCUT2D eigenvalue weighted by atomic mass is 10.0. The van der Waals surface area contributed by atoms with Gasteiger partial charge in [-0.1, -0.05) is 12.1 Å². The molecule has 3 N–H and O–H groups in total. The second-order valence-corrected chi connectivity index (χ2v) is 7.57. The Morgan fingerprint density at radius 1 is 0.933 bits per heavy atom. The van der Waals surface area contributed by atoms with Crippen LogP contribution in [0.5, 0.6) is 5.75 Å². The summed E-state index contributed by atoms with van der Waals surface area (Å²) in [7, 11) is 1.71. The van der Waals surface area contributed by atoms with Crippen molar-refractivity contribution >= 4 is 11.9 Å². The Bertz CT molecular complexity index is 641. The highest BCUT2D eigenvalue weighted by Gasteiger charge is 2.27. The van der Waals surface area contributed by atoms with Crippen molar-refractivity contribution in [1.29, 1.82) is 0 Å². The summed E-state index contributed by atoms with van der Waals surface area (Å²) in [5.74, 6) is -2.72. The monoisotopic (exact) mass is 423 g/mol. The van der Waals surface area contributed by atoms with Gasteiger partial charge in [-0.3, -0.25) is 14.7 Å². The molecule has 0 spiro atoms. The summed E-state index contributed by atoms with van der Waals surface area (Å²) in [5.41, 5.74) is 1.37. The van der Waals surface area contributed by atoms with Crippen LogP contribution in [0, 0.1) is 0 Å². The van der Waals surface area contributed by atoms with E-state index in [2.05, 4.69) is 26.8 Å². The van der Waals surface area contributed by atoms with Gasteiger partial charge in [-0.2, -0.15) is 0 Å². The molecule has 0 saturated carbocycles. The lowest BCUT2D eigenvalue weighted by molar-refractivity contribution is -0.159. The molecule has 9 nitrogen and oxygen atoms in total. The van der Waals surface area contributed by atoms with Crippen LogP contribution in [0.1, 0.15) is 18.4 Å². The molecule has 2 aliphatic heterocycles. The average Bonchev–Trinajstić information content (AvgIpc) is 2.76. The van der Waals surface area contributed by atoms with E-state index in [1.54, 1.807) is 7.11 Å². The summed E-state index contributed by atoms with van der Waals surface area (Å²) in [6, 6.07) is 9.19. The number of benzene rings is 1. The molecule has 0 radical (unpaired) electrons. The number of hydrogen-bond donors (Lipinski definition) is 3. The molecule has 30 heavy (non-hydrogen) atoms. The van der Waals surface area contributed by atoms with Crippen molar-refractivity contribution in [1.82, 2.24) is 14.7 Å². The van der Waals surface area contributed by atoms with Gasteiger partial charge in [-0.05, 0) is 43.6 Å². The van der Waals surface area contributed by atoms with Crippen LogP contribution in [-0.4, -0.2) is 108 Å². The standard InChI is InChI=1S/C19H31N3O2.C2H2O4/c1-24-19-4-2-17(3-5-19)16-21-8-6-18(7-9-21)22-12-10-20(11-13-22)14-15-23;3-1(4)2(5)6/h2-5,18,23H,6-16H2,1H3;(H,3,4)(H,5,6). The molecule has 168 valence electrons. The fourth-order valence-electron chi connectivity index (χ4n) is 3.93. The molecule has 0 atom stereocenters. The van der Waals surface area contributed by atoms with E-state index in [0.717, 1.165) is 51.1 Å². The normalized spacial score (nSPS) is 19.0. The Hall–Kier alpha value is -2.20. The molecule has 2 heterocycles. The zero-order valence-electron chi connectivity index (χ0n) is 17.6. The molecule has 2 saturated heterocycles. The Morgan fingerprint density at radius 3 is 1.97 bits per heavy atom. The number of aliphatic hydroxyl groups excluding tert-OH is 1. The van der Waals surface area contributed by atoms with Crippen molar-refractivity contribution < 1.29 is 29.6 Å². The van der Waals surface area contributed by atoms with E-state index in [4.69, 9.17) is 29.6 Å². The molecule has 9 heteroatoms. The largest absolute Gasteiger partial charge is 0.497 e. The number of ether oxygens (including phenoxy) is 1. The number of carboxylic acids is 2. The first kappa shape index (κ1) is 24.1. The highest BCUT2D eigenvalue weighted by molar-refractivity contribution is 6.27. The number of rotatable bonds is 6. The van der Waals surface area contributed by atoms with E-state index >= 15 is 0 Å². The first-order chi connectivity index (χ1) is 14.4. The number of piperazine rings is 1. The van der Waals surface area contributed by atoms with Crippen molar-refractivity contribution in [3.63, 3.8) is 0 Å². The molecule has 0 aromatic heterocycles. The van der Waals surface area contributed by atoms with Gasteiger partial charge in [0.05, 0.1) is 13.7 Å². The number of carbonyl (C=O) groups is 2. The number of aliphatic carboxylic acids is 2. The van der Waals surface area contributed by atoms with E-state index in [1.807, 2.05) is 12.1 Å². The van der Waals surface area contributed by atoms with E-state index in [9.17, 15) is 0 Å². The minimum atomic E-state index is -1.82. The van der Waals surface area contributed by atoms with Crippen LogP contribution in [-0.2, 0) is 16.1 Å². The maximum atomic E-state index is 9.10. The molecule has 0 bridgehead atoms. The van der Waals surface area contributed by atoms with Gasteiger partial charge < -0.3 is 20.1 Å². The number of nitrogens with zero attached hydrogens (tertiary/aromatic N) is 3. The predicted molar refractivity (Wildman–Crippen MR) is 112 cm³/mol. The van der Waals surface area contributed by atoms with Crippen LogP contribution in [0.25, 0.3) is 0 Å². The van der Waals surface area contributed by atoms with Crippen molar-refractivity contribution in [3.8, 4) is 5.75 Å². The molecule has 2 aliphatic rings. The predicted octanol–water partition coefficient (Wildman–Crippen LogP) is 0.425. The molecule has 3 rings (SSSR count). The van der Waals surface area contributed by atoms with Crippen LogP contribution in [0.15, 0.2) is 24.3 Å². The topological polar surface area (TPSA) is 114 Å². The molecule has 1 aromatic rings. The van der Waals surface area contributed by atoms with Crippen LogP contribution in [0.2, 0.25) is 0 Å². The second-order valence-electron chi connectivity index (χ2n) is 7.57. The molecule has 2 fully saturated rings. The van der Waals surface area contributed by atoms with Gasteiger partial charge >= 0.3 is 11.9 Å². The minimum Gasteiger partial charge on any atom is -0.497 e. The Kier molecular flexibility index (Phi) is 10.0. The highest BCUT2D eigenvalue weighted by Crippen LogP contribution is 2.20. The van der Waals surface area contributed by atoms with E-state index in [-0.39, 0.29) is 6.61 Å². The Balaban J connectivity index is 0.000000469. The quantitative estimate of drug-likeness (QED) is 0.560. The first-order valence-electron chi connectivity index (χ1n) is 10.3.